The van der Waals surface area contributed by atoms with E-state index in [-0.39, 0.29) is 24.5 Å². The molecule has 0 saturated heterocycles. The molecular weight excluding hydrogens is 380 g/mol. The Morgan fingerprint density at radius 3 is 2.33 bits per heavy atom. The molecule has 0 saturated carbocycles. The van der Waals surface area contributed by atoms with Crippen LogP contribution in [0.5, 0.6) is 0 Å². The third-order valence-corrected chi connectivity index (χ3v) is 5.74. The van der Waals surface area contributed by atoms with Crippen molar-refractivity contribution >= 4 is 11.9 Å². The first-order valence-corrected chi connectivity index (χ1v) is 10.8. The highest BCUT2D eigenvalue weighted by molar-refractivity contribution is 5.88. The van der Waals surface area contributed by atoms with Crippen molar-refractivity contribution in [3.05, 3.63) is 46.6 Å². The molecule has 5 nitrogen and oxygen atoms in total. The van der Waals surface area contributed by atoms with Gasteiger partial charge in [-0.2, -0.15) is 0 Å². The van der Waals surface area contributed by atoms with Crippen LogP contribution < -0.4 is 0 Å². The predicted molar refractivity (Wildman–Crippen MR) is 120 cm³/mol. The summed E-state index contributed by atoms with van der Waals surface area (Å²) in [6.07, 6.45) is 8.37. The molecule has 1 aliphatic carbocycles. The van der Waals surface area contributed by atoms with Crippen molar-refractivity contribution in [2.24, 2.45) is 11.8 Å². The van der Waals surface area contributed by atoms with E-state index in [9.17, 15) is 14.7 Å². The summed E-state index contributed by atoms with van der Waals surface area (Å²) >= 11 is 0. The second-order valence-corrected chi connectivity index (χ2v) is 8.34. The minimum absolute atomic E-state index is 0.137. The van der Waals surface area contributed by atoms with Crippen molar-refractivity contribution in [3.8, 4) is 0 Å². The Morgan fingerprint density at radius 2 is 1.73 bits per heavy atom. The van der Waals surface area contributed by atoms with Gasteiger partial charge >= 0.3 is 11.9 Å². The lowest BCUT2D eigenvalue weighted by Gasteiger charge is -2.35. The van der Waals surface area contributed by atoms with E-state index >= 15 is 0 Å². The quantitative estimate of drug-likeness (QED) is 0.371. The zero-order valence-corrected chi connectivity index (χ0v) is 19.5. The number of rotatable bonds is 6. The van der Waals surface area contributed by atoms with Crippen LogP contribution in [0.1, 0.15) is 67.7 Å². The Hall–Kier alpha value is -2.14. The Bertz CT molecular complexity index is 726. The zero-order valence-electron chi connectivity index (χ0n) is 19.5. The van der Waals surface area contributed by atoms with Crippen LogP contribution in [-0.4, -0.2) is 35.9 Å². The van der Waals surface area contributed by atoms with Crippen LogP contribution in [0.2, 0.25) is 0 Å². The van der Waals surface area contributed by atoms with Gasteiger partial charge in [0.15, 0.2) is 0 Å². The van der Waals surface area contributed by atoms with E-state index in [2.05, 4.69) is 6.08 Å². The second kappa shape index (κ2) is 12.5. The monoisotopic (exact) mass is 418 g/mol. The summed E-state index contributed by atoms with van der Waals surface area (Å²) < 4.78 is 11.3. The maximum Gasteiger partial charge on any atom is 0.333 e. The number of aliphatic hydroxyl groups excluding tert-OH is 1. The first kappa shape index (κ1) is 25.9. The zero-order chi connectivity index (χ0) is 22.8. The summed E-state index contributed by atoms with van der Waals surface area (Å²) in [7, 11) is 0. The number of hydrogen-bond acceptors (Lipinski definition) is 5. The highest BCUT2D eigenvalue weighted by Gasteiger charge is 2.36. The number of hydrogen-bond donors (Lipinski definition) is 1. The molecule has 0 spiro atoms. The first-order chi connectivity index (χ1) is 14.1. The molecule has 0 aromatic carbocycles. The van der Waals surface area contributed by atoms with Gasteiger partial charge in [-0.1, -0.05) is 42.4 Å². The molecule has 4 atom stereocenters. The van der Waals surface area contributed by atoms with E-state index in [1.165, 1.54) is 0 Å². The maximum absolute atomic E-state index is 12.5. The summed E-state index contributed by atoms with van der Waals surface area (Å²) in [6.45, 7) is 13.1. The van der Waals surface area contributed by atoms with E-state index in [0.717, 1.165) is 24.0 Å². The molecule has 0 fully saturated rings. The Kier molecular flexibility index (Phi) is 10.8. The fourth-order valence-corrected chi connectivity index (χ4v) is 3.51. The minimum atomic E-state index is -0.809. The van der Waals surface area contributed by atoms with Gasteiger partial charge in [-0.25, -0.2) is 9.59 Å². The molecule has 0 bridgehead atoms. The first-order valence-electron chi connectivity index (χ1n) is 10.8. The SMILES string of the molecule is C/C=C(/C)C(=O)OC[C@@H](C)[C@@H]1[C@@H](OC(=O)/C(C)=C\C)C/C(C)=C/CC/C(C)=C/[C@@H]1O. The summed E-state index contributed by atoms with van der Waals surface area (Å²) in [4.78, 5) is 24.6. The lowest BCUT2D eigenvalue weighted by atomic mass is 9.80. The molecule has 5 heteroatoms. The second-order valence-electron chi connectivity index (χ2n) is 8.34. The topological polar surface area (TPSA) is 72.8 Å². The van der Waals surface area contributed by atoms with Crippen LogP contribution in [0.15, 0.2) is 46.6 Å². The predicted octanol–water partition coefficient (Wildman–Crippen LogP) is 5.06. The number of aliphatic hydroxyl groups is 1. The average molecular weight is 419 g/mol. The summed E-state index contributed by atoms with van der Waals surface area (Å²) in [5.41, 5.74) is 3.26. The largest absolute Gasteiger partial charge is 0.462 e. The third-order valence-electron chi connectivity index (χ3n) is 5.74. The van der Waals surface area contributed by atoms with Crippen molar-refractivity contribution in [2.45, 2.75) is 79.9 Å². The van der Waals surface area contributed by atoms with Crippen LogP contribution in [0.3, 0.4) is 0 Å². The number of carbonyl (C=O) groups is 2. The minimum Gasteiger partial charge on any atom is -0.462 e. The molecule has 1 aliphatic rings. The van der Waals surface area contributed by atoms with Gasteiger partial charge in [-0.05, 0) is 60.3 Å². The van der Waals surface area contributed by atoms with Crippen LogP contribution in [-0.2, 0) is 19.1 Å². The van der Waals surface area contributed by atoms with Crippen LogP contribution in [0.4, 0.5) is 0 Å². The standard InChI is InChI=1S/C25H38O5/c1-8-18(5)24(27)29-15-20(7)23-21(26)13-16(3)11-10-12-17(4)14-22(23)30-25(28)19(6)9-2/h8-9,12-13,20-23,26H,10-11,14-15H2,1-7H3/b16-13+,17-12+,18-8-,19-9-/t20-,21+,22+,23+/m1/s1. The van der Waals surface area contributed by atoms with Gasteiger partial charge in [0.1, 0.15) is 6.10 Å². The van der Waals surface area contributed by atoms with E-state index in [0.29, 0.717) is 17.6 Å². The smallest absolute Gasteiger partial charge is 0.333 e. The van der Waals surface area contributed by atoms with Gasteiger partial charge in [0.2, 0.25) is 0 Å². The molecule has 0 aromatic rings. The maximum atomic E-state index is 12.5. The van der Waals surface area contributed by atoms with E-state index in [4.69, 9.17) is 9.47 Å². The molecule has 0 aliphatic heterocycles. The molecule has 0 amide bonds. The van der Waals surface area contributed by atoms with Crippen LogP contribution >= 0.6 is 0 Å². The van der Waals surface area contributed by atoms with Crippen LogP contribution in [0.25, 0.3) is 0 Å². The molecule has 0 aromatic heterocycles. The fourth-order valence-electron chi connectivity index (χ4n) is 3.51. The Balaban J connectivity index is 3.22. The van der Waals surface area contributed by atoms with Crippen LogP contribution in [0, 0.1) is 11.8 Å². The molecule has 0 radical (unpaired) electrons. The summed E-state index contributed by atoms with van der Waals surface area (Å²) in [6, 6.07) is 0. The summed E-state index contributed by atoms with van der Waals surface area (Å²) in [5, 5.41) is 11.1. The lowest BCUT2D eigenvalue weighted by Crippen LogP contribution is -2.41. The Labute approximate surface area is 181 Å². The molecular formula is C25H38O5. The van der Waals surface area contributed by atoms with Gasteiger partial charge in [-0.3, -0.25) is 0 Å². The van der Waals surface area contributed by atoms with Crippen molar-refractivity contribution in [1.82, 2.24) is 0 Å². The Morgan fingerprint density at radius 1 is 1.13 bits per heavy atom. The lowest BCUT2D eigenvalue weighted by molar-refractivity contribution is -0.153. The number of ether oxygens (including phenoxy) is 2. The third kappa shape index (κ3) is 7.94. The van der Waals surface area contributed by atoms with E-state index in [1.807, 2.05) is 26.8 Å². The van der Waals surface area contributed by atoms with Crippen molar-refractivity contribution in [1.29, 1.82) is 0 Å². The highest BCUT2D eigenvalue weighted by atomic mass is 16.5. The van der Waals surface area contributed by atoms with Gasteiger partial charge < -0.3 is 14.6 Å². The van der Waals surface area contributed by atoms with E-state index < -0.39 is 18.1 Å². The summed E-state index contributed by atoms with van der Waals surface area (Å²) in [5.74, 6) is -1.39. The molecule has 1 N–H and O–H groups in total. The van der Waals surface area contributed by atoms with Gasteiger partial charge in [0, 0.05) is 23.5 Å². The van der Waals surface area contributed by atoms with Crippen molar-refractivity contribution in [3.63, 3.8) is 0 Å². The van der Waals surface area contributed by atoms with Crippen molar-refractivity contribution < 1.29 is 24.2 Å². The molecule has 168 valence electrons. The number of esters is 2. The average Bonchev–Trinajstić information content (AvgIpc) is 2.69. The van der Waals surface area contributed by atoms with E-state index in [1.54, 1.807) is 39.8 Å². The normalized spacial score (nSPS) is 28.5. The van der Waals surface area contributed by atoms with Gasteiger partial charge in [0.05, 0.1) is 12.7 Å². The molecule has 30 heavy (non-hydrogen) atoms. The molecule has 0 heterocycles. The highest BCUT2D eigenvalue weighted by Crippen LogP contribution is 2.31. The molecule has 1 rings (SSSR count). The van der Waals surface area contributed by atoms with Gasteiger partial charge in [0.25, 0.3) is 0 Å². The fraction of sp³-hybridized carbons (Fsp3) is 0.600. The van der Waals surface area contributed by atoms with Crippen molar-refractivity contribution in [2.75, 3.05) is 6.61 Å². The number of allylic oxidation sites excluding steroid dienone is 4. The van der Waals surface area contributed by atoms with Gasteiger partial charge in [-0.15, -0.1) is 0 Å². The number of carbonyl (C=O) groups excluding carboxylic acids is 2. The molecule has 0 unspecified atom stereocenters.